The Morgan fingerprint density at radius 2 is 1.16 bits per heavy atom. The third kappa shape index (κ3) is 5.48. The van der Waals surface area contributed by atoms with Crippen LogP contribution in [-0.2, 0) is 0 Å². The summed E-state index contributed by atoms with van der Waals surface area (Å²) in [6.45, 7) is 0. The van der Waals surface area contributed by atoms with Crippen LogP contribution in [-0.4, -0.2) is 19.6 Å². The van der Waals surface area contributed by atoms with Gasteiger partial charge in [0.1, 0.15) is 22.7 Å². The first-order chi connectivity index (χ1) is 28.2. The standard InChI is InChI=1S/C52H33N3O2/c56-48-25-12-10-21-43(48)52-54-50-40(22-13-24-47(50)55(52)46-23-11-9-19-39(46)34-16-5-2-6-17-34)37-28-36(33-14-3-1-4-15-33)29-38(30-37)45-31-49-44(32-53-45)42-27-26-35-18-7-8-20-41(35)51(42)57-49/h1-32,56H. The summed E-state index contributed by atoms with van der Waals surface area (Å²) in [7, 11) is 0. The molecule has 0 aliphatic heterocycles. The molecular weight excluding hydrogens is 699 g/mol. The van der Waals surface area contributed by atoms with Crippen molar-refractivity contribution in [1.82, 2.24) is 14.5 Å². The predicted octanol–water partition coefficient (Wildman–Crippen LogP) is 13.5. The molecule has 11 aromatic rings. The van der Waals surface area contributed by atoms with Crippen molar-refractivity contribution < 1.29 is 9.52 Å². The Labute approximate surface area is 328 Å². The van der Waals surface area contributed by atoms with Gasteiger partial charge in [-0.05, 0) is 76.2 Å². The molecule has 1 N–H and O–H groups in total. The van der Waals surface area contributed by atoms with Crippen LogP contribution in [0.1, 0.15) is 0 Å². The fraction of sp³-hybridized carbons (Fsp3) is 0. The Morgan fingerprint density at radius 1 is 0.474 bits per heavy atom. The number of imidazole rings is 1. The highest BCUT2D eigenvalue weighted by atomic mass is 16.3. The molecule has 0 fully saturated rings. The van der Waals surface area contributed by atoms with Crippen LogP contribution in [0, 0.1) is 0 Å². The minimum absolute atomic E-state index is 0.168. The van der Waals surface area contributed by atoms with Gasteiger partial charge >= 0.3 is 0 Å². The van der Waals surface area contributed by atoms with Gasteiger partial charge in [-0.3, -0.25) is 9.55 Å². The van der Waals surface area contributed by atoms with Gasteiger partial charge in [-0.15, -0.1) is 0 Å². The molecule has 0 saturated heterocycles. The van der Waals surface area contributed by atoms with Gasteiger partial charge in [-0.1, -0.05) is 133 Å². The summed E-state index contributed by atoms with van der Waals surface area (Å²) in [4.78, 5) is 10.4. The number of hydrogen-bond donors (Lipinski definition) is 1. The van der Waals surface area contributed by atoms with E-state index in [2.05, 4.69) is 150 Å². The molecule has 0 radical (unpaired) electrons. The number of furan rings is 1. The van der Waals surface area contributed by atoms with E-state index in [1.807, 2.05) is 42.6 Å². The summed E-state index contributed by atoms with van der Waals surface area (Å²) in [5, 5.41) is 15.5. The zero-order valence-electron chi connectivity index (χ0n) is 30.7. The lowest BCUT2D eigenvalue weighted by atomic mass is 9.94. The largest absolute Gasteiger partial charge is 0.507 e. The zero-order chi connectivity index (χ0) is 37.9. The third-order valence-corrected chi connectivity index (χ3v) is 11.0. The van der Waals surface area contributed by atoms with Crippen molar-refractivity contribution >= 4 is 43.7 Å². The third-order valence-electron chi connectivity index (χ3n) is 11.0. The van der Waals surface area contributed by atoms with Crippen LogP contribution in [0.5, 0.6) is 5.75 Å². The number of rotatable bonds is 6. The number of phenols is 1. The van der Waals surface area contributed by atoms with Gasteiger partial charge in [0.2, 0.25) is 0 Å². The Hall–Kier alpha value is -7.76. The van der Waals surface area contributed by atoms with Crippen LogP contribution in [0.3, 0.4) is 0 Å². The molecule has 8 aromatic carbocycles. The van der Waals surface area contributed by atoms with Gasteiger partial charge in [0.25, 0.3) is 0 Å². The minimum Gasteiger partial charge on any atom is -0.507 e. The van der Waals surface area contributed by atoms with E-state index in [-0.39, 0.29) is 5.75 Å². The summed E-state index contributed by atoms with van der Waals surface area (Å²) in [5.41, 5.74) is 13.1. The molecule has 3 aromatic heterocycles. The molecule has 0 bridgehead atoms. The number of phenolic OH excluding ortho intramolecular Hbond substituents is 1. The van der Waals surface area contributed by atoms with Crippen molar-refractivity contribution in [3.63, 3.8) is 0 Å². The predicted molar refractivity (Wildman–Crippen MR) is 232 cm³/mol. The first-order valence-electron chi connectivity index (χ1n) is 19.0. The number of fused-ring (bicyclic) bond motifs is 6. The van der Waals surface area contributed by atoms with Crippen molar-refractivity contribution in [2.24, 2.45) is 0 Å². The number of nitrogens with zero attached hydrogens (tertiary/aromatic N) is 3. The van der Waals surface area contributed by atoms with E-state index in [4.69, 9.17) is 14.4 Å². The smallest absolute Gasteiger partial charge is 0.149 e. The summed E-state index contributed by atoms with van der Waals surface area (Å²) < 4.78 is 8.77. The van der Waals surface area contributed by atoms with E-state index < -0.39 is 0 Å². The average molecular weight is 732 g/mol. The highest BCUT2D eigenvalue weighted by Gasteiger charge is 2.22. The van der Waals surface area contributed by atoms with Gasteiger partial charge in [-0.25, -0.2) is 4.98 Å². The second kappa shape index (κ2) is 13.2. The maximum absolute atomic E-state index is 11.3. The molecule has 0 aliphatic rings. The van der Waals surface area contributed by atoms with Crippen LogP contribution in [0.2, 0.25) is 0 Å². The van der Waals surface area contributed by atoms with Crippen molar-refractivity contribution in [3.05, 3.63) is 194 Å². The highest BCUT2D eigenvalue weighted by molar-refractivity contribution is 6.15. The van der Waals surface area contributed by atoms with Crippen LogP contribution >= 0.6 is 0 Å². The van der Waals surface area contributed by atoms with Crippen molar-refractivity contribution in [2.45, 2.75) is 0 Å². The minimum atomic E-state index is 0.168. The number of aromatic nitrogens is 3. The van der Waals surface area contributed by atoms with Crippen LogP contribution in [0.15, 0.2) is 199 Å². The van der Waals surface area contributed by atoms with E-state index in [9.17, 15) is 5.11 Å². The first-order valence-corrected chi connectivity index (χ1v) is 19.0. The number of aromatic hydroxyl groups is 1. The molecule has 0 saturated carbocycles. The number of hydrogen-bond acceptors (Lipinski definition) is 4. The lowest BCUT2D eigenvalue weighted by Crippen LogP contribution is -2.00. The van der Waals surface area contributed by atoms with Crippen molar-refractivity contribution in [3.8, 4) is 67.5 Å². The molecule has 0 atom stereocenters. The summed E-state index contributed by atoms with van der Waals surface area (Å²) in [6, 6.07) is 64.2. The molecule has 0 aliphatic carbocycles. The van der Waals surface area contributed by atoms with E-state index in [1.165, 1.54) is 0 Å². The molecular formula is C52H33N3O2. The highest BCUT2D eigenvalue weighted by Crippen LogP contribution is 2.42. The van der Waals surface area contributed by atoms with Gasteiger partial charge in [0.05, 0.1) is 28.0 Å². The number of para-hydroxylation sites is 3. The molecule has 11 rings (SSSR count). The molecule has 268 valence electrons. The van der Waals surface area contributed by atoms with Crippen molar-refractivity contribution in [2.75, 3.05) is 0 Å². The van der Waals surface area contributed by atoms with E-state index in [0.717, 1.165) is 94.1 Å². The Kier molecular flexibility index (Phi) is 7.57. The summed E-state index contributed by atoms with van der Waals surface area (Å²) >= 11 is 0. The normalized spacial score (nSPS) is 11.6. The topological polar surface area (TPSA) is 64.1 Å². The second-order valence-electron chi connectivity index (χ2n) is 14.3. The molecule has 3 heterocycles. The number of pyridine rings is 1. The van der Waals surface area contributed by atoms with E-state index in [0.29, 0.717) is 11.4 Å². The summed E-state index contributed by atoms with van der Waals surface area (Å²) in [6.07, 6.45) is 1.94. The maximum atomic E-state index is 11.3. The quantitative estimate of drug-likeness (QED) is 0.185. The molecule has 5 nitrogen and oxygen atoms in total. The van der Waals surface area contributed by atoms with Gasteiger partial charge in [-0.2, -0.15) is 0 Å². The van der Waals surface area contributed by atoms with Crippen LogP contribution in [0.25, 0.3) is 105 Å². The monoisotopic (exact) mass is 731 g/mol. The maximum Gasteiger partial charge on any atom is 0.149 e. The van der Waals surface area contributed by atoms with Gasteiger partial charge in [0.15, 0.2) is 0 Å². The molecule has 0 amide bonds. The lowest BCUT2D eigenvalue weighted by molar-refractivity contribution is 0.477. The van der Waals surface area contributed by atoms with Crippen molar-refractivity contribution in [1.29, 1.82) is 0 Å². The van der Waals surface area contributed by atoms with Gasteiger partial charge < -0.3 is 9.52 Å². The Balaban J connectivity index is 1.15. The molecule has 5 heteroatoms. The average Bonchev–Trinajstić information content (AvgIpc) is 3.86. The SMILES string of the molecule is Oc1ccccc1-c1nc2c(-c3cc(-c4ccccc4)cc(-c4cc5oc6c7ccccc7ccc6c5cn4)c3)cccc2n1-c1ccccc1-c1ccccc1. The van der Waals surface area contributed by atoms with Crippen LogP contribution in [0.4, 0.5) is 0 Å². The lowest BCUT2D eigenvalue weighted by Gasteiger charge is -2.15. The zero-order valence-corrected chi connectivity index (χ0v) is 30.7. The molecule has 0 unspecified atom stereocenters. The Bertz CT molecular complexity index is 3310. The number of benzene rings is 8. The summed E-state index contributed by atoms with van der Waals surface area (Å²) in [5.74, 6) is 0.823. The molecule has 0 spiro atoms. The fourth-order valence-corrected chi connectivity index (χ4v) is 8.23. The fourth-order valence-electron chi connectivity index (χ4n) is 8.23. The first kappa shape index (κ1) is 32.7. The van der Waals surface area contributed by atoms with Gasteiger partial charge in [0, 0.05) is 45.1 Å². The van der Waals surface area contributed by atoms with Crippen LogP contribution < -0.4 is 0 Å². The van der Waals surface area contributed by atoms with E-state index >= 15 is 0 Å². The second-order valence-corrected chi connectivity index (χ2v) is 14.3. The van der Waals surface area contributed by atoms with E-state index in [1.54, 1.807) is 6.07 Å². The Morgan fingerprint density at radius 3 is 2.00 bits per heavy atom. The molecule has 57 heavy (non-hydrogen) atoms.